The molecule has 0 atom stereocenters. The van der Waals surface area contributed by atoms with Gasteiger partial charge in [0.2, 0.25) is 0 Å². The fourth-order valence-electron chi connectivity index (χ4n) is 2.20. The number of rotatable bonds is 2. The van der Waals surface area contributed by atoms with Crippen molar-refractivity contribution >= 4 is 11.6 Å². The monoisotopic (exact) mass is 338 g/mol. The maximum absolute atomic E-state index is 13.0. The molecule has 2 aromatic carbocycles. The minimum absolute atomic E-state index is 0.0528. The fraction of sp³-hybridized carbons (Fsp3) is 0.0625. The Morgan fingerprint density at radius 1 is 1.00 bits per heavy atom. The van der Waals surface area contributed by atoms with Gasteiger partial charge in [0, 0.05) is 5.56 Å². The summed E-state index contributed by atoms with van der Waals surface area (Å²) in [5.41, 5.74) is -0.131. The number of hydrogen-bond acceptors (Lipinski definition) is 2. The maximum atomic E-state index is 13.0. The molecule has 3 aromatic rings. The zero-order valence-corrected chi connectivity index (χ0v) is 12.3. The lowest BCUT2D eigenvalue weighted by molar-refractivity contribution is -0.141. The van der Waals surface area contributed by atoms with Crippen LogP contribution in [0.3, 0.4) is 0 Å². The first kappa shape index (κ1) is 15.4. The third-order valence-electron chi connectivity index (χ3n) is 3.22. The molecule has 0 spiro atoms. The second kappa shape index (κ2) is 5.62. The predicted molar refractivity (Wildman–Crippen MR) is 80.7 cm³/mol. The van der Waals surface area contributed by atoms with Crippen molar-refractivity contribution in [2.24, 2.45) is 0 Å². The number of hydrogen-bond donors (Lipinski definition) is 1. The first-order chi connectivity index (χ1) is 10.9. The molecule has 0 bridgehead atoms. The molecule has 0 amide bonds. The van der Waals surface area contributed by atoms with Crippen LogP contribution in [0.5, 0.6) is 5.75 Å². The van der Waals surface area contributed by atoms with E-state index in [-0.39, 0.29) is 16.5 Å². The summed E-state index contributed by atoms with van der Waals surface area (Å²) >= 11 is 6.08. The van der Waals surface area contributed by atoms with Crippen LogP contribution >= 0.6 is 11.6 Å². The summed E-state index contributed by atoms with van der Waals surface area (Å²) in [6.45, 7) is 0. The molecule has 0 saturated heterocycles. The van der Waals surface area contributed by atoms with Crippen LogP contribution in [-0.4, -0.2) is 14.9 Å². The van der Waals surface area contributed by atoms with Crippen molar-refractivity contribution < 1.29 is 18.3 Å². The second-order valence-corrected chi connectivity index (χ2v) is 5.23. The van der Waals surface area contributed by atoms with Gasteiger partial charge >= 0.3 is 6.18 Å². The average molecular weight is 339 g/mol. The highest BCUT2D eigenvalue weighted by molar-refractivity contribution is 6.32. The number of alkyl halides is 3. The van der Waals surface area contributed by atoms with Crippen molar-refractivity contribution in [3.63, 3.8) is 0 Å². The molecule has 0 aliphatic carbocycles. The van der Waals surface area contributed by atoms with Crippen LogP contribution in [0.15, 0.2) is 54.6 Å². The lowest BCUT2D eigenvalue weighted by Crippen LogP contribution is -2.07. The summed E-state index contributed by atoms with van der Waals surface area (Å²) in [7, 11) is 0. The van der Waals surface area contributed by atoms with E-state index in [1.807, 2.05) is 0 Å². The van der Waals surface area contributed by atoms with E-state index in [2.05, 4.69) is 5.10 Å². The summed E-state index contributed by atoms with van der Waals surface area (Å²) in [4.78, 5) is 0. The number of para-hydroxylation sites is 1. The smallest absolute Gasteiger partial charge is 0.435 e. The summed E-state index contributed by atoms with van der Waals surface area (Å²) in [5, 5.41) is 13.5. The number of nitrogens with zero attached hydrogens (tertiary/aromatic N) is 2. The molecule has 0 saturated carbocycles. The highest BCUT2D eigenvalue weighted by atomic mass is 35.5. The van der Waals surface area contributed by atoms with E-state index in [4.69, 9.17) is 11.6 Å². The van der Waals surface area contributed by atoms with Crippen molar-refractivity contribution in [2.45, 2.75) is 6.18 Å². The molecule has 0 aliphatic rings. The first-order valence-corrected chi connectivity index (χ1v) is 6.95. The van der Waals surface area contributed by atoms with Gasteiger partial charge in [-0.2, -0.15) is 18.3 Å². The summed E-state index contributed by atoms with van der Waals surface area (Å²) in [6, 6.07) is 13.3. The Morgan fingerprint density at radius 3 is 2.39 bits per heavy atom. The lowest BCUT2D eigenvalue weighted by Gasteiger charge is -2.09. The third-order valence-corrected chi connectivity index (χ3v) is 3.54. The Bertz CT molecular complexity index is 859. The van der Waals surface area contributed by atoms with Crippen molar-refractivity contribution in [2.75, 3.05) is 0 Å². The van der Waals surface area contributed by atoms with E-state index in [0.717, 1.165) is 10.7 Å². The molecule has 3 rings (SSSR count). The van der Waals surface area contributed by atoms with E-state index in [9.17, 15) is 18.3 Å². The van der Waals surface area contributed by atoms with Crippen molar-refractivity contribution in [3.05, 3.63) is 65.3 Å². The van der Waals surface area contributed by atoms with Gasteiger partial charge in [0.25, 0.3) is 0 Å². The highest BCUT2D eigenvalue weighted by Crippen LogP contribution is 2.35. The highest BCUT2D eigenvalue weighted by Gasteiger charge is 2.35. The quantitative estimate of drug-likeness (QED) is 0.720. The summed E-state index contributed by atoms with van der Waals surface area (Å²) in [6.07, 6.45) is -4.59. The first-order valence-electron chi connectivity index (χ1n) is 6.58. The Morgan fingerprint density at radius 2 is 1.74 bits per heavy atom. The normalized spacial score (nSPS) is 11.7. The Hall–Kier alpha value is -2.47. The van der Waals surface area contributed by atoms with Crippen LogP contribution in [0.2, 0.25) is 5.02 Å². The molecule has 0 aliphatic heterocycles. The Kier molecular flexibility index (Phi) is 3.77. The largest absolute Gasteiger partial charge is 0.508 e. The zero-order valence-electron chi connectivity index (χ0n) is 11.5. The molecular formula is C16H10ClF3N2O. The predicted octanol–water partition coefficient (Wildman–Crippen LogP) is 4.92. The van der Waals surface area contributed by atoms with Gasteiger partial charge in [-0.15, -0.1) is 0 Å². The van der Waals surface area contributed by atoms with Crippen LogP contribution in [0.4, 0.5) is 13.2 Å². The SMILES string of the molecule is Oc1cccc(-c2cc(C(F)(F)F)nn2-c2ccccc2Cl)c1. The molecule has 118 valence electrons. The van der Waals surface area contributed by atoms with Crippen LogP contribution in [-0.2, 0) is 6.18 Å². The molecule has 1 aromatic heterocycles. The molecule has 3 nitrogen and oxygen atoms in total. The minimum atomic E-state index is -4.59. The van der Waals surface area contributed by atoms with E-state index >= 15 is 0 Å². The van der Waals surface area contributed by atoms with Crippen LogP contribution in [0.1, 0.15) is 5.69 Å². The molecular weight excluding hydrogens is 329 g/mol. The van der Waals surface area contributed by atoms with E-state index in [1.165, 1.54) is 12.1 Å². The maximum Gasteiger partial charge on any atom is 0.435 e. The number of phenolic OH excluding ortho intramolecular Hbond substituents is 1. The van der Waals surface area contributed by atoms with E-state index in [1.54, 1.807) is 36.4 Å². The molecule has 1 N–H and O–H groups in total. The van der Waals surface area contributed by atoms with Crippen LogP contribution < -0.4 is 0 Å². The van der Waals surface area contributed by atoms with Gasteiger partial charge < -0.3 is 5.11 Å². The molecule has 0 fully saturated rings. The number of halogens is 4. The van der Waals surface area contributed by atoms with Gasteiger partial charge in [-0.25, -0.2) is 4.68 Å². The zero-order chi connectivity index (χ0) is 16.6. The van der Waals surface area contributed by atoms with Gasteiger partial charge in [0.05, 0.1) is 16.4 Å². The Labute approximate surface area is 134 Å². The third kappa shape index (κ3) is 3.03. The number of benzene rings is 2. The molecule has 1 heterocycles. The molecule has 0 unspecified atom stereocenters. The number of aromatic nitrogens is 2. The fourth-order valence-corrected chi connectivity index (χ4v) is 2.41. The Balaban J connectivity index is 2.26. The van der Waals surface area contributed by atoms with Gasteiger partial charge in [-0.3, -0.25) is 0 Å². The van der Waals surface area contributed by atoms with Gasteiger partial charge in [-0.1, -0.05) is 35.9 Å². The summed E-state index contributed by atoms with van der Waals surface area (Å²) in [5.74, 6) is -0.0528. The second-order valence-electron chi connectivity index (χ2n) is 4.83. The molecule has 7 heteroatoms. The van der Waals surface area contributed by atoms with Crippen LogP contribution in [0.25, 0.3) is 16.9 Å². The topological polar surface area (TPSA) is 38.1 Å². The van der Waals surface area contributed by atoms with Crippen molar-refractivity contribution in [1.29, 1.82) is 0 Å². The van der Waals surface area contributed by atoms with E-state index < -0.39 is 11.9 Å². The van der Waals surface area contributed by atoms with Crippen LogP contribution in [0, 0.1) is 0 Å². The molecule has 23 heavy (non-hydrogen) atoms. The van der Waals surface area contributed by atoms with Crippen molar-refractivity contribution in [1.82, 2.24) is 9.78 Å². The van der Waals surface area contributed by atoms with Crippen molar-refractivity contribution in [3.8, 4) is 22.7 Å². The van der Waals surface area contributed by atoms with Gasteiger partial charge in [0.15, 0.2) is 5.69 Å². The van der Waals surface area contributed by atoms with E-state index in [0.29, 0.717) is 11.3 Å². The number of phenols is 1. The van der Waals surface area contributed by atoms with Gasteiger partial charge in [0.1, 0.15) is 5.75 Å². The molecule has 0 radical (unpaired) electrons. The minimum Gasteiger partial charge on any atom is -0.508 e. The summed E-state index contributed by atoms with van der Waals surface area (Å²) < 4.78 is 40.2. The standard InChI is InChI=1S/C16H10ClF3N2O/c17-12-6-1-2-7-13(12)22-14(9-15(21-22)16(18,19)20)10-4-3-5-11(23)8-10/h1-9,23H. The lowest BCUT2D eigenvalue weighted by atomic mass is 10.1. The average Bonchev–Trinajstić information content (AvgIpc) is 2.93. The van der Waals surface area contributed by atoms with Gasteiger partial charge in [-0.05, 0) is 30.3 Å². The number of aromatic hydroxyl groups is 1.